The Morgan fingerprint density at radius 1 is 1.00 bits per heavy atom. The molecule has 0 radical (unpaired) electrons. The van der Waals surface area contributed by atoms with Crippen molar-refractivity contribution in [3.63, 3.8) is 0 Å². The molecule has 28 heavy (non-hydrogen) atoms. The van der Waals surface area contributed by atoms with Gasteiger partial charge in [0, 0.05) is 16.3 Å². The van der Waals surface area contributed by atoms with Crippen molar-refractivity contribution in [2.45, 2.75) is 4.90 Å². The van der Waals surface area contributed by atoms with Crippen LogP contribution in [-0.2, 0) is 10.0 Å². The van der Waals surface area contributed by atoms with Crippen LogP contribution in [0.15, 0.2) is 65.6 Å². The number of carbonyl (C=O) groups excluding carboxylic acids is 1. The van der Waals surface area contributed by atoms with Gasteiger partial charge in [-0.15, -0.1) is 0 Å². The first-order chi connectivity index (χ1) is 13.2. The third-order valence-corrected chi connectivity index (χ3v) is 5.30. The van der Waals surface area contributed by atoms with E-state index in [1.54, 1.807) is 48.5 Å². The maximum absolute atomic E-state index is 12.3. The summed E-state index contributed by atoms with van der Waals surface area (Å²) in [4.78, 5) is 11.6. The number of halogens is 1. The first kappa shape index (κ1) is 19.7. The minimum atomic E-state index is -4.33. The first-order valence-corrected chi connectivity index (χ1v) is 9.98. The van der Waals surface area contributed by atoms with E-state index in [1.165, 1.54) is 6.07 Å². The van der Waals surface area contributed by atoms with Crippen LogP contribution in [0.2, 0.25) is 5.02 Å². The van der Waals surface area contributed by atoms with E-state index < -0.39 is 20.8 Å². The zero-order valence-corrected chi connectivity index (χ0v) is 16.1. The van der Waals surface area contributed by atoms with Crippen LogP contribution in [0, 0.1) is 0 Å². The Labute approximate surface area is 167 Å². The number of primary amides is 1. The summed E-state index contributed by atoms with van der Waals surface area (Å²) in [6.45, 7) is 0. The third-order valence-electron chi connectivity index (χ3n) is 4.06. The molecule has 0 aliphatic heterocycles. The topological polar surface area (TPSA) is 141 Å². The van der Waals surface area contributed by atoms with Crippen LogP contribution in [-0.4, -0.2) is 14.3 Å². The number of carbonyl (C=O) groups is 1. The van der Waals surface area contributed by atoms with Crippen molar-refractivity contribution in [2.24, 2.45) is 10.9 Å². The highest BCUT2D eigenvalue weighted by atomic mass is 35.5. The average Bonchev–Trinajstić information content (AvgIpc) is 2.64. The minimum absolute atomic E-state index is 0.0654. The van der Waals surface area contributed by atoms with E-state index in [-0.39, 0.29) is 16.9 Å². The van der Waals surface area contributed by atoms with E-state index in [1.807, 2.05) is 6.07 Å². The molecule has 0 fully saturated rings. The van der Waals surface area contributed by atoms with Crippen LogP contribution < -0.4 is 21.9 Å². The zero-order chi connectivity index (χ0) is 20.5. The van der Waals surface area contributed by atoms with Crippen molar-refractivity contribution in [2.75, 3.05) is 11.1 Å². The standard InChI is InChI=1S/C19H17ClN4O3S/c20-12-6-8-13(9-7-12)24-15-10-14(11-4-2-1-3-5-11)17(21)16(19(22)25)18(15)28(23,26)27/h1-10,24H,21H2,(H2,22,25)(H2,23,26,27). The zero-order valence-electron chi connectivity index (χ0n) is 14.5. The Morgan fingerprint density at radius 2 is 1.61 bits per heavy atom. The number of hydrogen-bond acceptors (Lipinski definition) is 5. The average molecular weight is 417 g/mol. The largest absolute Gasteiger partial charge is 0.398 e. The molecule has 0 aliphatic rings. The lowest BCUT2D eigenvalue weighted by Gasteiger charge is -2.19. The quantitative estimate of drug-likeness (QED) is 0.473. The van der Waals surface area contributed by atoms with Gasteiger partial charge >= 0.3 is 0 Å². The molecular weight excluding hydrogens is 400 g/mol. The van der Waals surface area contributed by atoms with Crippen molar-refractivity contribution in [1.82, 2.24) is 0 Å². The summed E-state index contributed by atoms with van der Waals surface area (Å²) in [5.74, 6) is -1.00. The second-order valence-corrected chi connectivity index (χ2v) is 7.93. The number of nitrogens with one attached hydrogen (secondary N) is 1. The summed E-state index contributed by atoms with van der Waals surface area (Å²) >= 11 is 5.89. The van der Waals surface area contributed by atoms with Gasteiger partial charge in [0.15, 0.2) is 0 Å². The lowest BCUT2D eigenvalue weighted by Crippen LogP contribution is -2.24. The molecular formula is C19H17ClN4O3S. The van der Waals surface area contributed by atoms with Gasteiger partial charge in [0.25, 0.3) is 5.91 Å². The molecule has 7 nitrogen and oxygen atoms in total. The predicted octanol–water partition coefficient (Wildman–Crippen LogP) is 3.08. The highest BCUT2D eigenvalue weighted by Gasteiger charge is 2.27. The van der Waals surface area contributed by atoms with Crippen LogP contribution in [0.5, 0.6) is 0 Å². The minimum Gasteiger partial charge on any atom is -0.398 e. The van der Waals surface area contributed by atoms with E-state index in [0.717, 1.165) is 0 Å². The van der Waals surface area contributed by atoms with Gasteiger partial charge in [-0.2, -0.15) is 0 Å². The van der Waals surface area contributed by atoms with Crippen LogP contribution in [0.25, 0.3) is 11.1 Å². The molecule has 0 bridgehead atoms. The molecule has 3 aromatic carbocycles. The monoisotopic (exact) mass is 416 g/mol. The fourth-order valence-corrected chi connectivity index (χ4v) is 3.90. The SMILES string of the molecule is NC(=O)c1c(N)c(-c2ccccc2)cc(Nc2ccc(Cl)cc2)c1S(N)(=O)=O. The van der Waals surface area contributed by atoms with Crippen LogP contribution in [0.1, 0.15) is 10.4 Å². The summed E-state index contributed by atoms with van der Waals surface area (Å²) in [5.41, 5.74) is 12.9. The van der Waals surface area contributed by atoms with Crippen molar-refractivity contribution in [3.05, 3.63) is 71.2 Å². The van der Waals surface area contributed by atoms with Gasteiger partial charge in [-0.1, -0.05) is 41.9 Å². The highest BCUT2D eigenvalue weighted by molar-refractivity contribution is 7.89. The Kier molecular flexibility index (Phi) is 5.28. The van der Waals surface area contributed by atoms with E-state index >= 15 is 0 Å². The number of hydrogen-bond donors (Lipinski definition) is 4. The maximum Gasteiger partial charge on any atom is 0.252 e. The number of sulfonamides is 1. The molecule has 0 aromatic heterocycles. The number of benzene rings is 3. The first-order valence-electron chi connectivity index (χ1n) is 8.05. The van der Waals surface area contributed by atoms with Gasteiger partial charge in [0.1, 0.15) is 4.90 Å². The highest BCUT2D eigenvalue weighted by Crippen LogP contribution is 2.38. The summed E-state index contributed by atoms with van der Waals surface area (Å²) < 4.78 is 24.6. The molecule has 0 spiro atoms. The van der Waals surface area contributed by atoms with Gasteiger partial charge in [-0.05, 0) is 35.9 Å². The molecule has 0 saturated heterocycles. The van der Waals surface area contributed by atoms with E-state index in [0.29, 0.717) is 21.8 Å². The van der Waals surface area contributed by atoms with Crippen molar-refractivity contribution >= 4 is 44.6 Å². The second kappa shape index (κ2) is 7.51. The Bertz CT molecular complexity index is 1150. The fraction of sp³-hybridized carbons (Fsp3) is 0. The molecule has 0 aliphatic carbocycles. The number of nitrogen functional groups attached to an aromatic ring is 1. The second-order valence-electron chi connectivity index (χ2n) is 6.00. The molecule has 0 saturated carbocycles. The van der Waals surface area contributed by atoms with Crippen molar-refractivity contribution in [1.29, 1.82) is 0 Å². The van der Waals surface area contributed by atoms with Gasteiger partial charge < -0.3 is 16.8 Å². The number of rotatable bonds is 5. The van der Waals surface area contributed by atoms with Gasteiger partial charge in [-0.3, -0.25) is 4.79 Å². The summed E-state index contributed by atoms with van der Waals surface area (Å²) in [7, 11) is -4.33. The molecule has 144 valence electrons. The predicted molar refractivity (Wildman–Crippen MR) is 111 cm³/mol. The van der Waals surface area contributed by atoms with Gasteiger partial charge in [-0.25, -0.2) is 13.6 Å². The van der Waals surface area contributed by atoms with Crippen LogP contribution in [0.3, 0.4) is 0 Å². The lowest BCUT2D eigenvalue weighted by atomic mass is 9.98. The molecule has 7 N–H and O–H groups in total. The van der Waals surface area contributed by atoms with E-state index in [2.05, 4.69) is 5.32 Å². The number of nitrogens with two attached hydrogens (primary N) is 3. The maximum atomic E-state index is 12.3. The van der Waals surface area contributed by atoms with Crippen molar-refractivity contribution in [3.8, 4) is 11.1 Å². The van der Waals surface area contributed by atoms with Crippen LogP contribution in [0.4, 0.5) is 17.1 Å². The van der Waals surface area contributed by atoms with Crippen molar-refractivity contribution < 1.29 is 13.2 Å². The van der Waals surface area contributed by atoms with Gasteiger partial charge in [0.05, 0.1) is 16.9 Å². The van der Waals surface area contributed by atoms with E-state index in [4.69, 9.17) is 28.2 Å². The molecule has 0 atom stereocenters. The Balaban J connectivity index is 2.33. The third kappa shape index (κ3) is 3.94. The molecule has 0 heterocycles. The number of amides is 1. The van der Waals surface area contributed by atoms with E-state index in [9.17, 15) is 13.2 Å². The normalized spacial score (nSPS) is 11.2. The molecule has 1 amide bonds. The Hall–Kier alpha value is -3.07. The van der Waals surface area contributed by atoms with Crippen LogP contribution >= 0.6 is 11.6 Å². The summed E-state index contributed by atoms with van der Waals surface area (Å²) in [6.07, 6.45) is 0. The molecule has 3 rings (SSSR count). The smallest absolute Gasteiger partial charge is 0.252 e. The molecule has 0 unspecified atom stereocenters. The lowest BCUT2D eigenvalue weighted by molar-refractivity contribution is 0.0998. The number of primary sulfonamides is 1. The summed E-state index contributed by atoms with van der Waals surface area (Å²) in [6, 6.07) is 17.0. The van der Waals surface area contributed by atoms with Gasteiger partial charge in [0.2, 0.25) is 10.0 Å². The fourth-order valence-electron chi connectivity index (χ4n) is 2.86. The molecule has 9 heteroatoms. The number of anilines is 3. The Morgan fingerprint density at radius 3 is 2.14 bits per heavy atom. The summed E-state index contributed by atoms with van der Waals surface area (Å²) in [5, 5.41) is 8.85. The molecule has 3 aromatic rings.